The van der Waals surface area contributed by atoms with Crippen LogP contribution in [0.3, 0.4) is 0 Å². The molecule has 1 fully saturated rings. The molecule has 0 bridgehead atoms. The minimum Gasteiger partial charge on any atom is -0.311 e. The monoisotopic (exact) mass is 217 g/mol. The zero-order chi connectivity index (χ0) is 11.4. The zero-order valence-electron chi connectivity index (χ0n) is 10.5. The van der Waals surface area contributed by atoms with Gasteiger partial charge in [-0.05, 0) is 50.7 Å². The second kappa shape index (κ2) is 5.49. The maximum atomic E-state index is 3.71. The van der Waals surface area contributed by atoms with Crippen LogP contribution in [0.1, 0.15) is 43.7 Å². The maximum Gasteiger partial charge on any atom is 0.00727 e. The van der Waals surface area contributed by atoms with Crippen LogP contribution in [0, 0.1) is 6.92 Å². The van der Waals surface area contributed by atoms with Gasteiger partial charge in [-0.3, -0.25) is 0 Å². The molecule has 1 aliphatic rings. The van der Waals surface area contributed by atoms with Crippen molar-refractivity contribution in [2.24, 2.45) is 0 Å². The van der Waals surface area contributed by atoms with Gasteiger partial charge >= 0.3 is 0 Å². The predicted molar refractivity (Wildman–Crippen MR) is 69.7 cm³/mol. The van der Waals surface area contributed by atoms with Gasteiger partial charge in [0.2, 0.25) is 0 Å². The molecule has 1 heterocycles. The van der Waals surface area contributed by atoms with Gasteiger partial charge in [0, 0.05) is 12.1 Å². The summed E-state index contributed by atoms with van der Waals surface area (Å²) < 4.78 is 0. The van der Waals surface area contributed by atoms with E-state index in [0.29, 0.717) is 0 Å². The van der Waals surface area contributed by atoms with Gasteiger partial charge in [0.15, 0.2) is 0 Å². The molecule has 0 aliphatic carbocycles. The predicted octanol–water partition coefficient (Wildman–Crippen LogP) is 3.46. The third-order valence-corrected chi connectivity index (χ3v) is 3.73. The Bertz CT molecular complexity index is 332. The number of benzene rings is 1. The van der Waals surface area contributed by atoms with Gasteiger partial charge in [0.05, 0.1) is 0 Å². The van der Waals surface area contributed by atoms with Crippen LogP contribution in [0.5, 0.6) is 0 Å². The minimum absolute atomic E-state index is 0.718. The van der Waals surface area contributed by atoms with E-state index in [0.717, 1.165) is 12.1 Å². The summed E-state index contributed by atoms with van der Waals surface area (Å²) in [4.78, 5) is 0. The Labute approximate surface area is 99.3 Å². The van der Waals surface area contributed by atoms with Crippen molar-refractivity contribution in [2.45, 2.75) is 58.0 Å². The molecule has 0 spiro atoms. The van der Waals surface area contributed by atoms with E-state index in [1.807, 2.05) is 0 Å². The molecular formula is C15H23N. The summed E-state index contributed by atoms with van der Waals surface area (Å²) in [5, 5.41) is 3.71. The second-order valence-electron chi connectivity index (χ2n) is 5.16. The summed E-state index contributed by atoms with van der Waals surface area (Å²) in [6, 6.07) is 10.2. The van der Waals surface area contributed by atoms with Crippen LogP contribution in [0.15, 0.2) is 24.3 Å². The summed E-state index contributed by atoms with van der Waals surface area (Å²) in [7, 11) is 0. The molecule has 1 N–H and O–H groups in total. The van der Waals surface area contributed by atoms with E-state index in [1.54, 1.807) is 0 Å². The first-order valence-corrected chi connectivity index (χ1v) is 6.56. The Morgan fingerprint density at radius 3 is 2.81 bits per heavy atom. The Kier molecular flexibility index (Phi) is 4.00. The fraction of sp³-hybridized carbons (Fsp3) is 0.600. The highest BCUT2D eigenvalue weighted by molar-refractivity contribution is 5.25. The first kappa shape index (κ1) is 11.7. The summed E-state index contributed by atoms with van der Waals surface area (Å²) in [6.45, 7) is 4.52. The first-order valence-electron chi connectivity index (χ1n) is 6.56. The molecule has 0 saturated carbocycles. The Hall–Kier alpha value is -0.820. The highest BCUT2D eigenvalue weighted by Crippen LogP contribution is 2.18. The quantitative estimate of drug-likeness (QED) is 0.817. The molecule has 1 saturated heterocycles. The van der Waals surface area contributed by atoms with Crippen molar-refractivity contribution in [3.05, 3.63) is 35.4 Å². The van der Waals surface area contributed by atoms with Gasteiger partial charge in [0.25, 0.3) is 0 Å². The number of piperidine rings is 1. The molecule has 1 aromatic carbocycles. The van der Waals surface area contributed by atoms with E-state index >= 15 is 0 Å². The van der Waals surface area contributed by atoms with Crippen LogP contribution in [0.4, 0.5) is 0 Å². The lowest BCUT2D eigenvalue weighted by molar-refractivity contribution is 0.322. The number of nitrogens with one attached hydrogen (secondary N) is 1. The lowest BCUT2D eigenvalue weighted by Crippen LogP contribution is -2.40. The van der Waals surface area contributed by atoms with Crippen molar-refractivity contribution < 1.29 is 0 Å². The van der Waals surface area contributed by atoms with Gasteiger partial charge in [-0.15, -0.1) is 0 Å². The standard InChI is InChI=1S/C15H23N/c1-12-6-3-4-8-14(12)10-11-15-9-5-7-13(2)16-15/h3-4,6,8,13,15-16H,5,7,9-11H2,1-2H3. The summed E-state index contributed by atoms with van der Waals surface area (Å²) in [5.41, 5.74) is 2.95. The Morgan fingerprint density at radius 2 is 2.06 bits per heavy atom. The SMILES string of the molecule is Cc1ccccc1CCC1CCCC(C)N1. The highest BCUT2D eigenvalue weighted by atomic mass is 15.0. The second-order valence-corrected chi connectivity index (χ2v) is 5.16. The van der Waals surface area contributed by atoms with E-state index in [9.17, 15) is 0 Å². The van der Waals surface area contributed by atoms with E-state index in [1.165, 1.54) is 43.2 Å². The smallest absolute Gasteiger partial charge is 0.00727 e. The molecule has 2 rings (SSSR count). The van der Waals surface area contributed by atoms with Crippen LogP contribution in [-0.2, 0) is 6.42 Å². The van der Waals surface area contributed by atoms with Gasteiger partial charge in [-0.2, -0.15) is 0 Å². The largest absolute Gasteiger partial charge is 0.311 e. The fourth-order valence-electron chi connectivity index (χ4n) is 2.69. The number of hydrogen-bond donors (Lipinski definition) is 1. The molecule has 0 amide bonds. The van der Waals surface area contributed by atoms with Crippen LogP contribution in [-0.4, -0.2) is 12.1 Å². The van der Waals surface area contributed by atoms with E-state index in [2.05, 4.69) is 43.4 Å². The average Bonchev–Trinajstić information content (AvgIpc) is 2.28. The Balaban J connectivity index is 1.85. The lowest BCUT2D eigenvalue weighted by atomic mass is 9.94. The fourth-order valence-corrected chi connectivity index (χ4v) is 2.69. The topological polar surface area (TPSA) is 12.0 Å². The van der Waals surface area contributed by atoms with Crippen molar-refractivity contribution in [2.75, 3.05) is 0 Å². The molecule has 0 radical (unpaired) electrons. The van der Waals surface area contributed by atoms with Crippen LogP contribution in [0.2, 0.25) is 0 Å². The number of rotatable bonds is 3. The lowest BCUT2D eigenvalue weighted by Gasteiger charge is -2.29. The molecule has 0 aromatic heterocycles. The molecule has 16 heavy (non-hydrogen) atoms. The molecule has 1 aromatic rings. The van der Waals surface area contributed by atoms with Crippen molar-refractivity contribution in [1.29, 1.82) is 0 Å². The van der Waals surface area contributed by atoms with Gasteiger partial charge in [-0.25, -0.2) is 0 Å². The normalized spacial score (nSPS) is 25.6. The Morgan fingerprint density at radius 1 is 1.25 bits per heavy atom. The summed E-state index contributed by atoms with van der Waals surface area (Å²) in [5.74, 6) is 0. The molecular weight excluding hydrogens is 194 g/mol. The molecule has 1 heteroatoms. The number of aryl methyl sites for hydroxylation is 2. The van der Waals surface area contributed by atoms with Crippen molar-refractivity contribution in [3.63, 3.8) is 0 Å². The van der Waals surface area contributed by atoms with Gasteiger partial charge < -0.3 is 5.32 Å². The van der Waals surface area contributed by atoms with E-state index in [-0.39, 0.29) is 0 Å². The highest BCUT2D eigenvalue weighted by Gasteiger charge is 2.17. The van der Waals surface area contributed by atoms with Gasteiger partial charge in [0.1, 0.15) is 0 Å². The van der Waals surface area contributed by atoms with E-state index < -0.39 is 0 Å². The van der Waals surface area contributed by atoms with Crippen molar-refractivity contribution in [3.8, 4) is 0 Å². The van der Waals surface area contributed by atoms with Crippen LogP contribution < -0.4 is 5.32 Å². The van der Waals surface area contributed by atoms with Gasteiger partial charge in [-0.1, -0.05) is 30.7 Å². The zero-order valence-corrected chi connectivity index (χ0v) is 10.5. The maximum absolute atomic E-state index is 3.71. The molecule has 1 aliphatic heterocycles. The molecule has 88 valence electrons. The van der Waals surface area contributed by atoms with Crippen LogP contribution >= 0.6 is 0 Å². The van der Waals surface area contributed by atoms with Crippen molar-refractivity contribution in [1.82, 2.24) is 5.32 Å². The van der Waals surface area contributed by atoms with E-state index in [4.69, 9.17) is 0 Å². The summed E-state index contributed by atoms with van der Waals surface area (Å²) >= 11 is 0. The van der Waals surface area contributed by atoms with Crippen LogP contribution in [0.25, 0.3) is 0 Å². The third kappa shape index (κ3) is 3.08. The summed E-state index contributed by atoms with van der Waals surface area (Å²) in [6.07, 6.45) is 6.61. The average molecular weight is 217 g/mol. The molecule has 2 atom stereocenters. The first-order chi connectivity index (χ1) is 7.75. The molecule has 2 unspecified atom stereocenters. The number of hydrogen-bond acceptors (Lipinski definition) is 1. The minimum atomic E-state index is 0.718. The van der Waals surface area contributed by atoms with Crippen molar-refractivity contribution >= 4 is 0 Å². The third-order valence-electron chi connectivity index (χ3n) is 3.73. The molecule has 1 nitrogen and oxygen atoms in total.